The molecule has 0 fully saturated rings. The molecule has 1 aliphatic carbocycles. The summed E-state index contributed by atoms with van der Waals surface area (Å²) in [5.41, 5.74) is 0.560. The van der Waals surface area contributed by atoms with Gasteiger partial charge in [0.05, 0.1) is 34.9 Å². The van der Waals surface area contributed by atoms with E-state index in [0.717, 1.165) is 0 Å². The van der Waals surface area contributed by atoms with Crippen LogP contribution in [-0.4, -0.2) is 71.5 Å². The summed E-state index contributed by atoms with van der Waals surface area (Å²) >= 11 is 0. The van der Waals surface area contributed by atoms with E-state index >= 15 is 0 Å². The number of allylic oxidation sites excluding steroid dienone is 6. The average Bonchev–Trinajstić information content (AvgIpc) is 3.31. The Kier molecular flexibility index (Phi) is 11.0. The summed E-state index contributed by atoms with van der Waals surface area (Å²) in [6.45, 7) is 9.71. The Morgan fingerprint density at radius 2 is 1.83 bits per heavy atom. The number of Topliss-reactive ketones (excluding diaryl/α,β-unsaturated/α-hetero) is 2. The van der Waals surface area contributed by atoms with Crippen molar-refractivity contribution in [3.63, 3.8) is 0 Å². The molecule has 0 spiro atoms. The molecule has 4 N–H and O–H groups in total. The SMILES string of the molecule is CN=C1C(NC)=C2NC(=O)/C(C)=C\C=C\C(C)CCC(O)[C@@H](C)C(OC(C)=O)CC/C=C/O[C@@]3(C)Oc4c(C)c(O)c(c1c4C3=O)C2=O. The Bertz CT molecular complexity index is 1670. The molecule has 48 heavy (non-hydrogen) atoms. The van der Waals surface area contributed by atoms with Gasteiger partial charge in [-0.05, 0) is 51.5 Å². The van der Waals surface area contributed by atoms with Crippen LogP contribution in [-0.2, 0) is 19.1 Å². The van der Waals surface area contributed by atoms with Gasteiger partial charge < -0.3 is 35.1 Å². The number of carbonyl (C=O) groups excluding carboxylic acids is 4. The number of phenols is 1. The van der Waals surface area contributed by atoms with Crippen molar-refractivity contribution in [2.24, 2.45) is 16.8 Å². The van der Waals surface area contributed by atoms with E-state index in [0.29, 0.717) is 31.3 Å². The lowest BCUT2D eigenvalue weighted by atomic mass is 9.82. The molecule has 3 heterocycles. The number of aliphatic hydroxyl groups is 1. The topological polar surface area (TPSA) is 173 Å². The molecule has 0 saturated carbocycles. The van der Waals surface area contributed by atoms with Crippen LogP contribution in [0.15, 0.2) is 52.5 Å². The summed E-state index contributed by atoms with van der Waals surface area (Å²) in [4.78, 5) is 57.7. The van der Waals surface area contributed by atoms with Crippen LogP contribution in [0.1, 0.15) is 92.1 Å². The minimum absolute atomic E-state index is 0.0193. The number of aliphatic imine (C=N–C) groups is 1. The molecule has 3 unspecified atom stereocenters. The number of amides is 1. The van der Waals surface area contributed by atoms with E-state index < -0.39 is 47.2 Å². The van der Waals surface area contributed by atoms with Gasteiger partial charge in [-0.15, -0.1) is 0 Å². The van der Waals surface area contributed by atoms with Crippen LogP contribution in [0.25, 0.3) is 0 Å². The van der Waals surface area contributed by atoms with Crippen LogP contribution in [0.3, 0.4) is 0 Å². The van der Waals surface area contributed by atoms with Gasteiger partial charge in [0.1, 0.15) is 23.3 Å². The molecule has 1 aromatic carbocycles. The number of likely N-dealkylation sites (N-methyl/N-ethyl adjacent to an activating group) is 1. The molecule has 12 heteroatoms. The third-order valence-electron chi connectivity index (χ3n) is 9.07. The quantitative estimate of drug-likeness (QED) is 0.334. The van der Waals surface area contributed by atoms with Crippen LogP contribution in [0.4, 0.5) is 0 Å². The highest BCUT2D eigenvalue weighted by atomic mass is 16.7. The van der Waals surface area contributed by atoms with Gasteiger partial charge in [0.15, 0.2) is 0 Å². The van der Waals surface area contributed by atoms with Crippen LogP contribution < -0.4 is 15.4 Å². The van der Waals surface area contributed by atoms with Crippen molar-refractivity contribution in [3.05, 3.63) is 69.8 Å². The summed E-state index contributed by atoms with van der Waals surface area (Å²) in [5.74, 6) is -4.80. The highest BCUT2D eigenvalue weighted by Crippen LogP contribution is 2.48. The first-order chi connectivity index (χ1) is 22.7. The first kappa shape index (κ1) is 36.1. The number of ketones is 2. The van der Waals surface area contributed by atoms with Crippen molar-refractivity contribution in [2.75, 3.05) is 14.1 Å². The van der Waals surface area contributed by atoms with Crippen molar-refractivity contribution < 1.29 is 43.6 Å². The van der Waals surface area contributed by atoms with Gasteiger partial charge in [-0.3, -0.25) is 24.2 Å². The number of benzene rings is 1. The molecule has 5 atom stereocenters. The highest BCUT2D eigenvalue weighted by molar-refractivity contribution is 6.33. The monoisotopic (exact) mass is 663 g/mol. The first-order valence-corrected chi connectivity index (χ1v) is 16.1. The predicted octanol–water partition coefficient (Wildman–Crippen LogP) is 4.33. The molecule has 0 aromatic heterocycles. The number of hydrogen-bond donors (Lipinski definition) is 4. The number of esters is 1. The fourth-order valence-corrected chi connectivity index (χ4v) is 6.12. The largest absolute Gasteiger partial charge is 0.507 e. The van der Waals surface area contributed by atoms with E-state index in [1.54, 1.807) is 32.2 Å². The van der Waals surface area contributed by atoms with Gasteiger partial charge >= 0.3 is 11.8 Å². The Morgan fingerprint density at radius 3 is 2.48 bits per heavy atom. The zero-order chi connectivity index (χ0) is 35.5. The zero-order valence-corrected chi connectivity index (χ0v) is 28.7. The number of hydrogen-bond acceptors (Lipinski definition) is 11. The molecule has 4 aliphatic rings. The van der Waals surface area contributed by atoms with Crippen LogP contribution in [0.5, 0.6) is 11.5 Å². The molecular weight excluding hydrogens is 618 g/mol. The number of nitrogens with zero attached hydrogens (tertiary/aromatic N) is 1. The smallest absolute Gasteiger partial charge is 0.312 e. The number of nitrogens with one attached hydrogen (secondary N) is 2. The second-order valence-corrected chi connectivity index (χ2v) is 12.6. The molecule has 5 rings (SSSR count). The van der Waals surface area contributed by atoms with E-state index in [2.05, 4.69) is 15.6 Å². The first-order valence-electron chi connectivity index (χ1n) is 16.1. The van der Waals surface area contributed by atoms with Gasteiger partial charge in [0.25, 0.3) is 11.7 Å². The zero-order valence-electron chi connectivity index (χ0n) is 28.7. The number of phenolic OH excluding ortho intramolecular Hbond substituents is 1. The van der Waals surface area contributed by atoms with E-state index in [4.69, 9.17) is 14.2 Å². The Balaban J connectivity index is 1.82. The maximum atomic E-state index is 14.0. The standard InChI is InChI=1S/C36H45N3O9/c1-18-12-11-13-19(2)35(45)39-30-29(38-8)28(37-7)25-26(32(30)43)31(42)21(4)33-27(25)34(44)36(6,48-33)46-17-10-9-14-24(47-22(5)40)20(3)23(41)16-15-18/h10-13,17-18,20,23-24,38,41-42H,9,14-16H2,1-8H3,(H,39,45)/b12-11+,17-10+,19-13-,37-28?/t18?,20-,23?,24?,36+/m1/s1. The average molecular weight is 664 g/mol. The number of aliphatic hydroxyl groups excluding tert-OH is 1. The summed E-state index contributed by atoms with van der Waals surface area (Å²) in [6, 6.07) is 0. The third-order valence-corrected chi connectivity index (χ3v) is 9.07. The maximum absolute atomic E-state index is 14.0. The summed E-state index contributed by atoms with van der Waals surface area (Å²) in [7, 11) is 3.03. The van der Waals surface area contributed by atoms with Crippen molar-refractivity contribution in [3.8, 4) is 11.5 Å². The lowest BCUT2D eigenvalue weighted by molar-refractivity contribution is -0.151. The molecule has 12 nitrogen and oxygen atoms in total. The Labute approximate surface area is 280 Å². The van der Waals surface area contributed by atoms with E-state index in [-0.39, 0.29) is 56.9 Å². The Morgan fingerprint density at radius 1 is 1.12 bits per heavy atom. The van der Waals surface area contributed by atoms with Crippen LogP contribution in [0, 0.1) is 18.8 Å². The van der Waals surface area contributed by atoms with E-state index in [1.165, 1.54) is 34.1 Å². The number of carbonyl (C=O) groups is 4. The minimum atomic E-state index is -1.84. The van der Waals surface area contributed by atoms with Crippen LogP contribution in [0.2, 0.25) is 0 Å². The molecule has 5 bridgehead atoms. The molecule has 1 amide bonds. The van der Waals surface area contributed by atoms with Crippen molar-refractivity contribution >= 4 is 29.2 Å². The summed E-state index contributed by atoms with van der Waals surface area (Å²) in [5, 5.41) is 27.9. The number of fused-ring (bicyclic) bond motifs is 14. The van der Waals surface area contributed by atoms with Gasteiger partial charge in [-0.2, -0.15) is 0 Å². The van der Waals surface area contributed by atoms with Gasteiger partial charge in [-0.25, -0.2) is 0 Å². The molecule has 3 aliphatic heterocycles. The Hall–Kier alpha value is -4.71. The van der Waals surface area contributed by atoms with Gasteiger partial charge in [0.2, 0.25) is 5.78 Å². The van der Waals surface area contributed by atoms with E-state index in [9.17, 15) is 29.4 Å². The molecule has 0 saturated heterocycles. The van der Waals surface area contributed by atoms with Crippen molar-refractivity contribution in [1.29, 1.82) is 0 Å². The van der Waals surface area contributed by atoms with Gasteiger partial charge in [-0.1, -0.05) is 32.1 Å². The molecular formula is C36H45N3O9. The summed E-state index contributed by atoms with van der Waals surface area (Å²) in [6.07, 6.45) is 8.88. The van der Waals surface area contributed by atoms with Crippen molar-refractivity contribution in [1.82, 2.24) is 10.6 Å². The van der Waals surface area contributed by atoms with Crippen molar-refractivity contribution in [2.45, 2.75) is 85.2 Å². The number of rotatable bonds is 2. The van der Waals surface area contributed by atoms with Crippen LogP contribution >= 0.6 is 0 Å². The lowest BCUT2D eigenvalue weighted by Crippen LogP contribution is -2.40. The van der Waals surface area contributed by atoms with Gasteiger partial charge in [0, 0.05) is 50.6 Å². The minimum Gasteiger partial charge on any atom is -0.507 e. The third kappa shape index (κ3) is 6.94. The molecule has 258 valence electrons. The van der Waals surface area contributed by atoms with E-state index in [1.807, 2.05) is 19.9 Å². The summed E-state index contributed by atoms with van der Waals surface area (Å²) < 4.78 is 17.5. The number of aromatic hydroxyl groups is 1. The molecule has 1 aromatic rings. The maximum Gasteiger partial charge on any atom is 0.312 e. The number of ether oxygens (including phenoxy) is 3. The fourth-order valence-electron chi connectivity index (χ4n) is 6.12. The fraction of sp³-hybridized carbons (Fsp3) is 0.472. The second-order valence-electron chi connectivity index (χ2n) is 12.6. The lowest BCUT2D eigenvalue weighted by Gasteiger charge is -2.28. The second kappa shape index (κ2) is 14.6. The highest BCUT2D eigenvalue weighted by Gasteiger charge is 2.52. The predicted molar refractivity (Wildman–Crippen MR) is 179 cm³/mol. The normalized spacial score (nSPS) is 30.1. The molecule has 0 radical (unpaired) electrons.